The number of fused-ring (bicyclic) bond motifs is 3. The predicted molar refractivity (Wildman–Crippen MR) is 98.7 cm³/mol. The lowest BCUT2D eigenvalue weighted by molar-refractivity contribution is -0.171. The molecule has 24 heavy (non-hydrogen) atoms. The van der Waals surface area contributed by atoms with Crippen LogP contribution >= 0.6 is 23.2 Å². The maximum atomic E-state index is 12.9. The Morgan fingerprint density at radius 3 is 2.58 bits per heavy atom. The molecule has 2 nitrogen and oxygen atoms in total. The normalized spacial score (nSPS) is 30.5. The zero-order chi connectivity index (χ0) is 17.1. The molecule has 5 unspecified atom stereocenters. The molecule has 0 amide bonds. The number of alkyl halides is 2. The van der Waals surface area contributed by atoms with E-state index in [1.807, 2.05) is 18.2 Å². The predicted octanol–water partition coefficient (Wildman–Crippen LogP) is 5.52. The quantitative estimate of drug-likeness (QED) is 0.592. The fraction of sp³-hybridized carbons (Fsp3) is 0.650. The summed E-state index contributed by atoms with van der Waals surface area (Å²) in [6.07, 6.45) is 5.43. The molecule has 5 atom stereocenters. The second kappa shape index (κ2) is 8.21. The molecular formula is C20H26Cl2O2. The Morgan fingerprint density at radius 2 is 2.00 bits per heavy atom. The van der Waals surface area contributed by atoms with Crippen LogP contribution in [0.5, 0.6) is 0 Å². The third-order valence-corrected chi connectivity index (χ3v) is 6.27. The van der Waals surface area contributed by atoms with Crippen molar-refractivity contribution in [3.8, 4) is 0 Å². The van der Waals surface area contributed by atoms with E-state index in [-0.39, 0.29) is 35.7 Å². The Bertz CT molecular complexity index is 546. The van der Waals surface area contributed by atoms with Gasteiger partial charge in [0.25, 0.3) is 0 Å². The van der Waals surface area contributed by atoms with Gasteiger partial charge in [-0.25, -0.2) is 0 Å². The van der Waals surface area contributed by atoms with Crippen molar-refractivity contribution >= 4 is 29.0 Å². The largest absolute Gasteiger partial charge is 0.367 e. The summed E-state index contributed by atoms with van der Waals surface area (Å²) in [4.78, 5) is 12.5. The fourth-order valence-electron chi connectivity index (χ4n) is 4.38. The van der Waals surface area contributed by atoms with Crippen LogP contribution in [-0.2, 0) is 9.53 Å². The Hall–Kier alpha value is -0.570. The van der Waals surface area contributed by atoms with Gasteiger partial charge in [-0.2, -0.15) is 0 Å². The Labute approximate surface area is 154 Å². The fourth-order valence-corrected chi connectivity index (χ4v) is 4.91. The maximum absolute atomic E-state index is 12.9. The molecule has 2 saturated heterocycles. The summed E-state index contributed by atoms with van der Waals surface area (Å²) in [5, 5.41) is 0. The second-order valence-electron chi connectivity index (χ2n) is 7.23. The number of carbonyl (C=O) groups is 1. The Morgan fingerprint density at radius 1 is 1.25 bits per heavy atom. The van der Waals surface area contributed by atoms with Crippen molar-refractivity contribution in [2.75, 3.05) is 0 Å². The van der Waals surface area contributed by atoms with Crippen LogP contribution in [0.4, 0.5) is 0 Å². The number of ketones is 1. The van der Waals surface area contributed by atoms with Gasteiger partial charge in [-0.1, -0.05) is 43.7 Å². The highest BCUT2D eigenvalue weighted by Gasteiger charge is 2.47. The van der Waals surface area contributed by atoms with Crippen LogP contribution in [0.3, 0.4) is 0 Å². The summed E-state index contributed by atoms with van der Waals surface area (Å²) in [5.41, 5.74) is 1.26. The number of benzene rings is 1. The van der Waals surface area contributed by atoms with E-state index in [2.05, 4.69) is 19.1 Å². The van der Waals surface area contributed by atoms with E-state index in [4.69, 9.17) is 27.9 Å². The van der Waals surface area contributed by atoms with Crippen LogP contribution in [0, 0.1) is 11.8 Å². The summed E-state index contributed by atoms with van der Waals surface area (Å²) in [6.45, 7) is 2.17. The zero-order valence-corrected chi connectivity index (χ0v) is 15.7. The lowest BCUT2D eigenvalue weighted by Crippen LogP contribution is -2.51. The summed E-state index contributed by atoms with van der Waals surface area (Å²) in [7, 11) is 0. The molecule has 0 N–H and O–H groups in total. The Balaban J connectivity index is 1.66. The smallest absolute Gasteiger partial charge is 0.162 e. The summed E-state index contributed by atoms with van der Waals surface area (Å²) in [6, 6.07) is 10.4. The summed E-state index contributed by atoms with van der Waals surface area (Å²) in [5.74, 6) is 1.01. The molecule has 132 valence electrons. The molecule has 0 radical (unpaired) electrons. The number of carbonyl (C=O) groups excluding carboxylic acids is 1. The average molecular weight is 369 g/mol. The number of Topliss-reactive ketones (excluding diaryl/α,β-unsaturated/α-hetero) is 1. The standard InChI is InChI=1S/C20H26Cl2O2/c1-2-6-14(13-7-4-3-5-8-13)12-17(23)19-15-9-10-18(24-19)16(11-15)20(21)22/h3-5,7-8,14-16,18-20H,2,6,9-12H2,1H3. The monoisotopic (exact) mass is 368 g/mol. The van der Waals surface area contributed by atoms with Gasteiger partial charge in [-0.05, 0) is 43.1 Å². The van der Waals surface area contributed by atoms with Crippen LogP contribution in [-0.4, -0.2) is 22.8 Å². The van der Waals surface area contributed by atoms with Crippen molar-refractivity contribution in [2.45, 2.75) is 68.4 Å². The van der Waals surface area contributed by atoms with Crippen LogP contribution < -0.4 is 0 Å². The van der Waals surface area contributed by atoms with E-state index in [1.54, 1.807) is 0 Å². The summed E-state index contributed by atoms with van der Waals surface area (Å²) >= 11 is 12.2. The van der Waals surface area contributed by atoms with Gasteiger partial charge in [0.1, 0.15) is 10.9 Å². The lowest BCUT2D eigenvalue weighted by atomic mass is 9.72. The molecule has 2 heterocycles. The highest BCUT2D eigenvalue weighted by Crippen LogP contribution is 2.45. The SMILES string of the molecule is CCCC(CC(=O)C1OC2CCC1CC2C(Cl)Cl)c1ccccc1. The molecule has 3 fully saturated rings. The minimum Gasteiger partial charge on any atom is -0.367 e. The first-order chi connectivity index (χ1) is 11.6. The highest BCUT2D eigenvalue weighted by molar-refractivity contribution is 6.44. The van der Waals surface area contributed by atoms with Crippen molar-refractivity contribution in [3.63, 3.8) is 0 Å². The number of rotatable bonds is 7. The molecule has 1 aromatic carbocycles. The number of ether oxygens (including phenoxy) is 1. The van der Waals surface area contributed by atoms with Gasteiger partial charge < -0.3 is 4.74 Å². The minimum absolute atomic E-state index is 0.0466. The molecule has 1 aromatic rings. The molecule has 1 aliphatic carbocycles. The first kappa shape index (κ1) is 18.2. The molecular weight excluding hydrogens is 343 g/mol. The second-order valence-corrected chi connectivity index (χ2v) is 8.40. The van der Waals surface area contributed by atoms with E-state index >= 15 is 0 Å². The molecule has 4 heteroatoms. The molecule has 0 aromatic heterocycles. The van der Waals surface area contributed by atoms with Crippen LogP contribution in [0.25, 0.3) is 0 Å². The van der Waals surface area contributed by atoms with Gasteiger partial charge in [0.15, 0.2) is 5.78 Å². The van der Waals surface area contributed by atoms with E-state index in [0.29, 0.717) is 6.42 Å². The van der Waals surface area contributed by atoms with E-state index in [9.17, 15) is 4.79 Å². The average Bonchev–Trinajstić information content (AvgIpc) is 2.62. The zero-order valence-electron chi connectivity index (χ0n) is 14.2. The van der Waals surface area contributed by atoms with Crippen LogP contribution in [0.15, 0.2) is 30.3 Å². The van der Waals surface area contributed by atoms with Gasteiger partial charge in [0.05, 0.1) is 6.10 Å². The van der Waals surface area contributed by atoms with Crippen LogP contribution in [0.1, 0.15) is 56.9 Å². The van der Waals surface area contributed by atoms with Crippen molar-refractivity contribution < 1.29 is 9.53 Å². The lowest BCUT2D eigenvalue weighted by Gasteiger charge is -2.47. The number of halogens is 2. The van der Waals surface area contributed by atoms with Crippen molar-refractivity contribution in [1.82, 2.24) is 0 Å². The number of hydrogen-bond donors (Lipinski definition) is 0. The van der Waals surface area contributed by atoms with Crippen molar-refractivity contribution in [1.29, 1.82) is 0 Å². The first-order valence-corrected chi connectivity index (χ1v) is 9.98. The van der Waals surface area contributed by atoms with Crippen LogP contribution in [0.2, 0.25) is 0 Å². The van der Waals surface area contributed by atoms with Gasteiger partial charge in [-0.15, -0.1) is 23.2 Å². The minimum atomic E-state index is -0.397. The highest BCUT2D eigenvalue weighted by atomic mass is 35.5. The van der Waals surface area contributed by atoms with E-state index in [0.717, 1.165) is 32.1 Å². The number of hydrogen-bond acceptors (Lipinski definition) is 2. The van der Waals surface area contributed by atoms with E-state index in [1.165, 1.54) is 5.56 Å². The third-order valence-electron chi connectivity index (χ3n) is 5.62. The van der Waals surface area contributed by atoms with Gasteiger partial charge in [-0.3, -0.25) is 4.79 Å². The first-order valence-electron chi connectivity index (χ1n) is 9.11. The molecule has 4 rings (SSSR count). The molecule has 3 aliphatic rings. The van der Waals surface area contributed by atoms with Gasteiger partial charge >= 0.3 is 0 Å². The Kier molecular flexibility index (Phi) is 6.23. The molecule has 2 aliphatic heterocycles. The topological polar surface area (TPSA) is 26.3 Å². The molecule has 1 saturated carbocycles. The van der Waals surface area contributed by atoms with Crippen molar-refractivity contribution in [2.24, 2.45) is 11.8 Å². The van der Waals surface area contributed by atoms with Crippen molar-refractivity contribution in [3.05, 3.63) is 35.9 Å². The third kappa shape index (κ3) is 3.98. The summed E-state index contributed by atoms with van der Waals surface area (Å²) < 4.78 is 6.12. The molecule has 0 spiro atoms. The van der Waals surface area contributed by atoms with Gasteiger partial charge in [0.2, 0.25) is 0 Å². The molecule has 2 bridgehead atoms. The maximum Gasteiger partial charge on any atom is 0.162 e. The van der Waals surface area contributed by atoms with Gasteiger partial charge in [0, 0.05) is 12.3 Å². The van der Waals surface area contributed by atoms with E-state index < -0.39 is 4.84 Å².